The fraction of sp³-hybridized carbons (Fsp3) is 0.474. The number of aromatic nitrogens is 4. The van der Waals surface area contributed by atoms with E-state index in [0.29, 0.717) is 17.5 Å². The second kappa shape index (κ2) is 7.46. The number of aryl methyl sites for hydroxylation is 1. The van der Waals surface area contributed by atoms with Crippen molar-refractivity contribution in [2.24, 2.45) is 7.05 Å². The van der Waals surface area contributed by atoms with Crippen LogP contribution in [-0.4, -0.2) is 31.4 Å². The van der Waals surface area contributed by atoms with Gasteiger partial charge in [0.25, 0.3) is 0 Å². The number of nitrogens with one attached hydrogen (secondary N) is 1. The van der Waals surface area contributed by atoms with Crippen molar-refractivity contribution < 1.29 is 14.1 Å². The van der Waals surface area contributed by atoms with E-state index < -0.39 is 17.2 Å². The van der Waals surface area contributed by atoms with Gasteiger partial charge < -0.3 is 19.1 Å². The lowest BCUT2D eigenvalue weighted by atomic mass is 10.1. The lowest BCUT2D eigenvalue weighted by molar-refractivity contribution is 0.0465. The van der Waals surface area contributed by atoms with E-state index in [2.05, 4.69) is 20.4 Å². The summed E-state index contributed by atoms with van der Waals surface area (Å²) in [5, 5.41) is 7.66. The standard InChI is InChI=1S/C19H25N5O3S/c1-18(2,3)26-17(25)22-19(4,5)15-21-14(27-23-15)11-28-16-20-12-9-7-8-10-13(12)24(16)6/h7-10H,11H2,1-6H3,(H,22,25). The summed E-state index contributed by atoms with van der Waals surface area (Å²) in [5.41, 5.74) is 0.609. The number of nitrogens with zero attached hydrogens (tertiary/aromatic N) is 4. The van der Waals surface area contributed by atoms with Crippen LogP contribution >= 0.6 is 11.8 Å². The average Bonchev–Trinajstić information content (AvgIpc) is 3.17. The molecule has 0 radical (unpaired) electrons. The molecule has 0 bridgehead atoms. The Morgan fingerprint density at radius 1 is 1.21 bits per heavy atom. The van der Waals surface area contributed by atoms with Crippen molar-refractivity contribution in [1.29, 1.82) is 0 Å². The molecule has 28 heavy (non-hydrogen) atoms. The first-order chi connectivity index (χ1) is 13.0. The van der Waals surface area contributed by atoms with Crippen LogP contribution in [-0.2, 0) is 23.1 Å². The van der Waals surface area contributed by atoms with Gasteiger partial charge in [-0.05, 0) is 46.8 Å². The normalized spacial score (nSPS) is 12.4. The first kappa shape index (κ1) is 20.2. The first-order valence-corrected chi connectivity index (χ1v) is 9.92. The molecule has 0 saturated carbocycles. The summed E-state index contributed by atoms with van der Waals surface area (Å²) >= 11 is 1.52. The fourth-order valence-corrected chi connectivity index (χ4v) is 3.39. The van der Waals surface area contributed by atoms with Crippen LogP contribution in [0, 0.1) is 0 Å². The predicted octanol–water partition coefficient (Wildman–Crippen LogP) is 4.01. The maximum absolute atomic E-state index is 12.1. The van der Waals surface area contributed by atoms with Crippen molar-refractivity contribution in [2.45, 2.75) is 56.7 Å². The third kappa shape index (κ3) is 4.64. The van der Waals surface area contributed by atoms with Gasteiger partial charge in [0.15, 0.2) is 11.0 Å². The molecule has 0 fully saturated rings. The van der Waals surface area contributed by atoms with Gasteiger partial charge in [-0.1, -0.05) is 29.1 Å². The molecule has 1 N–H and O–H groups in total. The van der Waals surface area contributed by atoms with Crippen molar-refractivity contribution in [1.82, 2.24) is 25.0 Å². The number of amides is 1. The minimum atomic E-state index is -0.827. The summed E-state index contributed by atoms with van der Waals surface area (Å²) in [4.78, 5) is 21.1. The highest BCUT2D eigenvalue weighted by atomic mass is 32.2. The van der Waals surface area contributed by atoms with Crippen molar-refractivity contribution in [3.63, 3.8) is 0 Å². The molecule has 0 aliphatic heterocycles. The quantitative estimate of drug-likeness (QED) is 0.643. The van der Waals surface area contributed by atoms with Gasteiger partial charge in [-0.25, -0.2) is 9.78 Å². The van der Waals surface area contributed by atoms with Gasteiger partial charge in [0, 0.05) is 7.05 Å². The van der Waals surface area contributed by atoms with Crippen LogP contribution in [0.3, 0.4) is 0 Å². The minimum absolute atomic E-state index is 0.388. The third-order valence-electron chi connectivity index (χ3n) is 3.91. The van der Waals surface area contributed by atoms with Crippen LogP contribution < -0.4 is 5.32 Å². The number of rotatable bonds is 5. The number of carbonyl (C=O) groups excluding carboxylic acids is 1. The van der Waals surface area contributed by atoms with E-state index in [1.807, 2.05) is 56.7 Å². The van der Waals surface area contributed by atoms with E-state index in [0.717, 1.165) is 16.2 Å². The fourth-order valence-electron chi connectivity index (χ4n) is 2.56. The van der Waals surface area contributed by atoms with Crippen LogP contribution in [0.1, 0.15) is 46.3 Å². The second-order valence-electron chi connectivity index (χ2n) is 7.99. The molecule has 0 aliphatic carbocycles. The molecular weight excluding hydrogens is 378 g/mol. The van der Waals surface area contributed by atoms with Crippen LogP contribution in [0.4, 0.5) is 4.79 Å². The Labute approximate surface area is 168 Å². The summed E-state index contributed by atoms with van der Waals surface area (Å²) < 4.78 is 12.7. The molecule has 0 aliphatic rings. The Morgan fingerprint density at radius 3 is 2.61 bits per heavy atom. The highest BCUT2D eigenvalue weighted by molar-refractivity contribution is 7.98. The van der Waals surface area contributed by atoms with E-state index in [1.165, 1.54) is 11.8 Å². The van der Waals surface area contributed by atoms with E-state index in [-0.39, 0.29) is 0 Å². The highest BCUT2D eigenvalue weighted by Gasteiger charge is 2.31. The minimum Gasteiger partial charge on any atom is -0.444 e. The number of hydrogen-bond donors (Lipinski definition) is 1. The molecule has 9 heteroatoms. The zero-order valence-electron chi connectivity index (χ0n) is 16.9. The molecule has 0 atom stereocenters. The van der Waals surface area contributed by atoms with Crippen LogP contribution in [0.5, 0.6) is 0 Å². The van der Waals surface area contributed by atoms with Gasteiger partial charge >= 0.3 is 6.09 Å². The number of benzene rings is 1. The number of imidazole rings is 1. The van der Waals surface area contributed by atoms with E-state index in [4.69, 9.17) is 9.26 Å². The Kier molecular flexibility index (Phi) is 5.38. The van der Waals surface area contributed by atoms with Crippen molar-refractivity contribution in [3.8, 4) is 0 Å². The van der Waals surface area contributed by atoms with Crippen LogP contribution in [0.15, 0.2) is 33.9 Å². The molecule has 0 spiro atoms. The molecule has 2 aromatic heterocycles. The number of thioether (sulfide) groups is 1. The third-order valence-corrected chi connectivity index (χ3v) is 4.93. The largest absolute Gasteiger partial charge is 0.444 e. The first-order valence-electron chi connectivity index (χ1n) is 8.94. The predicted molar refractivity (Wildman–Crippen MR) is 107 cm³/mol. The Balaban J connectivity index is 1.66. The van der Waals surface area contributed by atoms with Gasteiger partial charge in [-0.3, -0.25) is 0 Å². The molecule has 2 heterocycles. The van der Waals surface area contributed by atoms with Crippen LogP contribution in [0.25, 0.3) is 11.0 Å². The molecule has 3 aromatic rings. The van der Waals surface area contributed by atoms with Gasteiger partial charge in [0.05, 0.1) is 16.8 Å². The lowest BCUT2D eigenvalue weighted by Crippen LogP contribution is -2.44. The van der Waals surface area contributed by atoms with Gasteiger partial charge in [0.2, 0.25) is 5.89 Å². The molecule has 150 valence electrons. The number of para-hydroxylation sites is 2. The number of ether oxygens (including phenoxy) is 1. The highest BCUT2D eigenvalue weighted by Crippen LogP contribution is 2.26. The zero-order valence-corrected chi connectivity index (χ0v) is 17.8. The van der Waals surface area contributed by atoms with E-state index >= 15 is 0 Å². The smallest absolute Gasteiger partial charge is 0.408 e. The number of fused-ring (bicyclic) bond motifs is 1. The molecule has 8 nitrogen and oxygen atoms in total. The Bertz CT molecular complexity index is 987. The average molecular weight is 404 g/mol. The molecule has 3 rings (SSSR count). The van der Waals surface area contributed by atoms with Gasteiger partial charge in [-0.15, -0.1) is 0 Å². The zero-order chi connectivity index (χ0) is 20.5. The van der Waals surface area contributed by atoms with Gasteiger partial charge in [-0.2, -0.15) is 4.98 Å². The molecule has 0 unspecified atom stereocenters. The lowest BCUT2D eigenvalue weighted by Gasteiger charge is -2.26. The summed E-state index contributed by atoms with van der Waals surface area (Å²) in [5.74, 6) is 1.33. The molecule has 1 aromatic carbocycles. The number of hydrogen-bond acceptors (Lipinski definition) is 7. The molecule has 1 amide bonds. The van der Waals surface area contributed by atoms with Gasteiger partial charge in [0.1, 0.15) is 11.1 Å². The van der Waals surface area contributed by atoms with Crippen molar-refractivity contribution in [3.05, 3.63) is 36.0 Å². The van der Waals surface area contributed by atoms with Crippen LogP contribution in [0.2, 0.25) is 0 Å². The summed E-state index contributed by atoms with van der Waals surface area (Å²) in [6, 6.07) is 7.97. The SMILES string of the molecule is Cn1c(SCc2nc(C(C)(C)NC(=O)OC(C)(C)C)no2)nc2ccccc21. The topological polar surface area (TPSA) is 95.1 Å². The monoisotopic (exact) mass is 403 g/mol. The van der Waals surface area contributed by atoms with E-state index in [9.17, 15) is 4.79 Å². The summed E-state index contributed by atoms with van der Waals surface area (Å²) in [7, 11) is 1.98. The molecular formula is C19H25N5O3S. The Morgan fingerprint density at radius 2 is 1.93 bits per heavy atom. The summed E-state index contributed by atoms with van der Waals surface area (Å²) in [6.07, 6.45) is -0.530. The van der Waals surface area contributed by atoms with E-state index in [1.54, 1.807) is 13.8 Å². The van der Waals surface area contributed by atoms with Crippen molar-refractivity contribution in [2.75, 3.05) is 0 Å². The number of carbonyl (C=O) groups is 1. The maximum Gasteiger partial charge on any atom is 0.408 e. The Hall–Kier alpha value is -2.55. The molecule has 0 saturated heterocycles. The summed E-state index contributed by atoms with van der Waals surface area (Å²) in [6.45, 7) is 9.02. The number of alkyl carbamates (subject to hydrolysis) is 1. The maximum atomic E-state index is 12.1. The van der Waals surface area contributed by atoms with Crippen molar-refractivity contribution >= 4 is 28.9 Å². The second-order valence-corrected chi connectivity index (χ2v) is 8.94.